The number of Topliss-reactive ketones (excluding diaryl/α,β-unsaturated/α-hetero) is 1. The monoisotopic (exact) mass is 140 g/mol. The Hall–Kier alpha value is -0.830. The van der Waals surface area contributed by atoms with Crippen molar-refractivity contribution < 1.29 is 4.79 Å². The number of carbonyl (C=O) groups excluding carboxylic acids is 1. The molecular formula is C7H12N2O. The Morgan fingerprint density at radius 2 is 2.20 bits per heavy atom. The van der Waals surface area contributed by atoms with Crippen molar-refractivity contribution in [3.63, 3.8) is 0 Å². The van der Waals surface area contributed by atoms with Crippen LogP contribution < -0.4 is 5.32 Å². The van der Waals surface area contributed by atoms with Crippen molar-refractivity contribution >= 4 is 5.78 Å². The van der Waals surface area contributed by atoms with Crippen molar-refractivity contribution in [1.29, 1.82) is 0 Å². The maximum absolute atomic E-state index is 11.0. The molecule has 0 bridgehead atoms. The van der Waals surface area contributed by atoms with Gasteiger partial charge in [0.15, 0.2) is 5.78 Å². The van der Waals surface area contributed by atoms with Crippen LogP contribution in [0.3, 0.4) is 0 Å². The standard InChI is InChI=1S/C7H12N2O/c1-9(2)5-6-3-8-4-7(6)10/h5,8H,3-4H2,1-2H3. The normalized spacial score (nSPS) is 22.2. The molecule has 0 saturated carbocycles. The Bertz CT molecular complexity index is 172. The van der Waals surface area contributed by atoms with Gasteiger partial charge >= 0.3 is 0 Å². The molecule has 3 heteroatoms. The van der Waals surface area contributed by atoms with Crippen LogP contribution in [0.1, 0.15) is 0 Å². The van der Waals surface area contributed by atoms with Crippen molar-refractivity contribution in [3.8, 4) is 0 Å². The summed E-state index contributed by atoms with van der Waals surface area (Å²) in [6.45, 7) is 1.22. The van der Waals surface area contributed by atoms with Crippen molar-refractivity contribution in [2.45, 2.75) is 0 Å². The highest BCUT2D eigenvalue weighted by Crippen LogP contribution is 2.01. The van der Waals surface area contributed by atoms with Crippen molar-refractivity contribution in [2.75, 3.05) is 27.2 Å². The first-order chi connectivity index (χ1) is 4.70. The fraction of sp³-hybridized carbons (Fsp3) is 0.571. The average Bonchev–Trinajstić information content (AvgIpc) is 2.15. The maximum atomic E-state index is 11.0. The van der Waals surface area contributed by atoms with Gasteiger partial charge in [0.25, 0.3) is 0 Å². The van der Waals surface area contributed by atoms with Gasteiger partial charge in [0.05, 0.1) is 6.54 Å². The van der Waals surface area contributed by atoms with E-state index in [9.17, 15) is 4.79 Å². The minimum atomic E-state index is 0.216. The summed E-state index contributed by atoms with van der Waals surface area (Å²) in [7, 11) is 3.83. The molecule has 0 amide bonds. The third kappa shape index (κ3) is 1.57. The van der Waals surface area contributed by atoms with E-state index in [2.05, 4.69) is 5.32 Å². The first kappa shape index (κ1) is 7.28. The molecule has 0 aromatic rings. The minimum Gasteiger partial charge on any atom is -0.383 e. The molecule has 0 aliphatic carbocycles. The Balaban J connectivity index is 2.62. The quantitative estimate of drug-likeness (QED) is 0.503. The number of carbonyl (C=O) groups is 1. The SMILES string of the molecule is CN(C)C=C1CNCC1=O. The van der Waals surface area contributed by atoms with Gasteiger partial charge in [-0.25, -0.2) is 0 Å². The summed E-state index contributed by atoms with van der Waals surface area (Å²) >= 11 is 0. The molecule has 1 N–H and O–H groups in total. The number of hydrogen-bond donors (Lipinski definition) is 1. The highest BCUT2D eigenvalue weighted by molar-refractivity contribution is 5.99. The lowest BCUT2D eigenvalue weighted by Gasteiger charge is -2.04. The van der Waals surface area contributed by atoms with E-state index in [-0.39, 0.29) is 5.78 Å². The van der Waals surface area contributed by atoms with E-state index in [1.165, 1.54) is 0 Å². The molecule has 1 saturated heterocycles. The second-order valence-corrected chi connectivity index (χ2v) is 2.64. The lowest BCUT2D eigenvalue weighted by molar-refractivity contribution is -0.113. The van der Waals surface area contributed by atoms with Gasteiger partial charge in [0.2, 0.25) is 0 Å². The highest BCUT2D eigenvalue weighted by Gasteiger charge is 2.15. The summed E-state index contributed by atoms with van der Waals surface area (Å²) in [6.07, 6.45) is 1.86. The zero-order chi connectivity index (χ0) is 7.56. The molecule has 1 fully saturated rings. The van der Waals surface area contributed by atoms with Gasteiger partial charge in [-0.1, -0.05) is 0 Å². The molecule has 1 aliphatic rings. The molecule has 0 unspecified atom stereocenters. The zero-order valence-corrected chi connectivity index (χ0v) is 6.35. The first-order valence-corrected chi connectivity index (χ1v) is 3.31. The highest BCUT2D eigenvalue weighted by atomic mass is 16.1. The molecule has 10 heavy (non-hydrogen) atoms. The molecule has 0 atom stereocenters. The lowest BCUT2D eigenvalue weighted by atomic mass is 10.2. The van der Waals surface area contributed by atoms with Gasteiger partial charge in [-0.05, 0) is 0 Å². The van der Waals surface area contributed by atoms with Crippen LogP contribution in [0.25, 0.3) is 0 Å². The molecular weight excluding hydrogens is 128 g/mol. The summed E-state index contributed by atoms with van der Waals surface area (Å²) in [4.78, 5) is 12.8. The molecule has 1 aliphatic heterocycles. The fourth-order valence-corrected chi connectivity index (χ4v) is 0.952. The molecule has 0 spiro atoms. The Morgan fingerprint density at radius 3 is 2.60 bits per heavy atom. The van der Waals surface area contributed by atoms with E-state index in [0.29, 0.717) is 6.54 Å². The summed E-state index contributed by atoms with van der Waals surface area (Å²) in [5.74, 6) is 0.216. The zero-order valence-electron chi connectivity index (χ0n) is 6.35. The van der Waals surface area contributed by atoms with Crippen molar-refractivity contribution in [3.05, 3.63) is 11.8 Å². The molecule has 1 heterocycles. The van der Waals surface area contributed by atoms with E-state index >= 15 is 0 Å². The van der Waals surface area contributed by atoms with Crippen LogP contribution in [-0.4, -0.2) is 37.9 Å². The number of nitrogens with one attached hydrogen (secondary N) is 1. The molecule has 0 radical (unpaired) electrons. The van der Waals surface area contributed by atoms with Crippen LogP contribution in [0.15, 0.2) is 11.8 Å². The van der Waals surface area contributed by atoms with Gasteiger partial charge < -0.3 is 10.2 Å². The minimum absolute atomic E-state index is 0.216. The summed E-state index contributed by atoms with van der Waals surface area (Å²) in [5, 5.41) is 2.98. The van der Waals surface area contributed by atoms with Gasteiger partial charge in [-0.15, -0.1) is 0 Å². The first-order valence-electron chi connectivity index (χ1n) is 3.31. The van der Waals surface area contributed by atoms with Gasteiger partial charge in [0, 0.05) is 32.4 Å². The number of rotatable bonds is 1. The number of hydrogen-bond acceptors (Lipinski definition) is 3. The molecule has 0 aromatic heterocycles. The molecule has 56 valence electrons. The second-order valence-electron chi connectivity index (χ2n) is 2.64. The van der Waals surface area contributed by atoms with Gasteiger partial charge in [-0.2, -0.15) is 0 Å². The van der Waals surface area contributed by atoms with Crippen molar-refractivity contribution in [1.82, 2.24) is 10.2 Å². The maximum Gasteiger partial charge on any atom is 0.175 e. The van der Waals surface area contributed by atoms with Crippen LogP contribution in [0.2, 0.25) is 0 Å². The predicted octanol–water partition coefficient (Wildman–Crippen LogP) is -0.396. The van der Waals surface area contributed by atoms with Crippen LogP contribution in [0.5, 0.6) is 0 Å². The molecule has 0 aromatic carbocycles. The predicted molar refractivity (Wildman–Crippen MR) is 39.6 cm³/mol. The van der Waals surface area contributed by atoms with Crippen LogP contribution >= 0.6 is 0 Å². The van der Waals surface area contributed by atoms with Gasteiger partial charge in [0.1, 0.15) is 0 Å². The van der Waals surface area contributed by atoms with E-state index < -0.39 is 0 Å². The Kier molecular flexibility index (Phi) is 2.06. The summed E-state index contributed by atoms with van der Waals surface area (Å²) in [5.41, 5.74) is 0.880. The van der Waals surface area contributed by atoms with Gasteiger partial charge in [-0.3, -0.25) is 4.79 Å². The van der Waals surface area contributed by atoms with E-state index in [4.69, 9.17) is 0 Å². The third-order valence-corrected chi connectivity index (χ3v) is 1.37. The largest absolute Gasteiger partial charge is 0.383 e. The fourth-order valence-electron chi connectivity index (χ4n) is 0.952. The van der Waals surface area contributed by atoms with Crippen molar-refractivity contribution in [2.24, 2.45) is 0 Å². The van der Waals surface area contributed by atoms with E-state index in [1.807, 2.05) is 25.2 Å². The second kappa shape index (κ2) is 2.84. The number of ketones is 1. The number of nitrogens with zero attached hydrogens (tertiary/aromatic N) is 1. The van der Waals surface area contributed by atoms with Crippen LogP contribution in [-0.2, 0) is 4.79 Å². The summed E-state index contributed by atoms with van der Waals surface area (Å²) in [6, 6.07) is 0. The topological polar surface area (TPSA) is 32.3 Å². The summed E-state index contributed by atoms with van der Waals surface area (Å²) < 4.78 is 0. The van der Waals surface area contributed by atoms with Crippen LogP contribution in [0.4, 0.5) is 0 Å². The van der Waals surface area contributed by atoms with E-state index in [1.54, 1.807) is 0 Å². The molecule has 3 nitrogen and oxygen atoms in total. The van der Waals surface area contributed by atoms with E-state index in [0.717, 1.165) is 12.1 Å². The third-order valence-electron chi connectivity index (χ3n) is 1.37. The Labute approximate surface area is 60.7 Å². The van der Waals surface area contributed by atoms with Crippen LogP contribution in [0, 0.1) is 0 Å². The smallest absolute Gasteiger partial charge is 0.175 e. The average molecular weight is 140 g/mol. The Morgan fingerprint density at radius 1 is 1.50 bits per heavy atom. The molecule has 1 rings (SSSR count). The lowest BCUT2D eigenvalue weighted by Crippen LogP contribution is -2.07.